The van der Waals surface area contributed by atoms with Crippen molar-refractivity contribution >= 4 is 20.3 Å². The molecule has 30 heavy (non-hydrogen) atoms. The van der Waals surface area contributed by atoms with Gasteiger partial charge in [0.05, 0.1) is 19.8 Å². The van der Waals surface area contributed by atoms with Gasteiger partial charge in [0.1, 0.15) is 12.7 Å². The Balaban J connectivity index is 2.69. The van der Waals surface area contributed by atoms with E-state index in [0.717, 1.165) is 12.2 Å². The Morgan fingerprint density at radius 3 is 2.33 bits per heavy atom. The molecule has 0 amide bonds. The Morgan fingerprint density at radius 1 is 1.17 bits per heavy atom. The predicted molar refractivity (Wildman–Crippen MR) is 117 cm³/mol. The van der Waals surface area contributed by atoms with Gasteiger partial charge in [-0.1, -0.05) is 39.0 Å². The molecule has 1 heterocycles. The molecule has 0 aliphatic carbocycles. The zero-order valence-corrected chi connectivity index (χ0v) is 20.4. The van der Waals surface area contributed by atoms with E-state index in [1.54, 1.807) is 12.2 Å². The number of esters is 2. The van der Waals surface area contributed by atoms with Gasteiger partial charge < -0.3 is 23.4 Å². The van der Waals surface area contributed by atoms with Crippen LogP contribution in [0.4, 0.5) is 0 Å². The van der Waals surface area contributed by atoms with Crippen LogP contribution in [0.2, 0.25) is 18.1 Å². The molecule has 0 spiro atoms. The largest absolute Gasteiger partial charge is 0.466 e. The van der Waals surface area contributed by atoms with Crippen molar-refractivity contribution in [3.63, 3.8) is 0 Å². The Labute approximate surface area is 181 Å². The highest BCUT2D eigenvalue weighted by Gasteiger charge is 2.43. The van der Waals surface area contributed by atoms with E-state index in [9.17, 15) is 9.59 Å². The Morgan fingerprint density at radius 2 is 1.80 bits per heavy atom. The topological polar surface area (TPSA) is 80.3 Å². The van der Waals surface area contributed by atoms with Gasteiger partial charge in [-0.3, -0.25) is 0 Å². The molecular formula is C22H36O7Si. The van der Waals surface area contributed by atoms with E-state index in [0.29, 0.717) is 6.61 Å². The zero-order chi connectivity index (χ0) is 23.0. The fraction of sp³-hybridized carbons (Fsp3) is 0.636. The lowest BCUT2D eigenvalue weighted by molar-refractivity contribution is -0.146. The van der Waals surface area contributed by atoms with Crippen LogP contribution in [0.3, 0.4) is 0 Å². The number of carbonyl (C=O) groups excluding carboxylic acids is 2. The van der Waals surface area contributed by atoms with Crippen molar-refractivity contribution in [3.05, 3.63) is 36.5 Å². The van der Waals surface area contributed by atoms with E-state index in [2.05, 4.69) is 38.6 Å². The molecule has 1 fully saturated rings. The van der Waals surface area contributed by atoms with E-state index >= 15 is 0 Å². The molecule has 0 aromatic carbocycles. The lowest BCUT2D eigenvalue weighted by Gasteiger charge is -2.39. The van der Waals surface area contributed by atoms with Crippen molar-refractivity contribution < 1.29 is 33.0 Å². The molecular weight excluding hydrogens is 404 g/mol. The molecule has 170 valence electrons. The second-order valence-corrected chi connectivity index (χ2v) is 13.8. The first-order valence-corrected chi connectivity index (χ1v) is 12.9. The number of hydrogen-bond donors (Lipinski definition) is 0. The third kappa shape index (κ3) is 8.95. The SMILES string of the molecule is COC(=O)/C=C\C(=O)OC/C=C/C=C/[C@H](O[Si](C)(C)C(C)(C)C)[C@H]1COC(C)(C)O1. The first-order chi connectivity index (χ1) is 13.8. The molecule has 1 saturated heterocycles. The molecule has 0 unspecified atom stereocenters. The van der Waals surface area contributed by atoms with Crippen LogP contribution in [0.15, 0.2) is 36.5 Å². The zero-order valence-electron chi connectivity index (χ0n) is 19.4. The number of methoxy groups -OCH3 is 1. The van der Waals surface area contributed by atoms with E-state index in [4.69, 9.17) is 18.6 Å². The number of allylic oxidation sites excluding steroid dienone is 2. The highest BCUT2D eigenvalue weighted by molar-refractivity contribution is 6.74. The van der Waals surface area contributed by atoms with E-state index in [-0.39, 0.29) is 23.9 Å². The molecule has 1 aliphatic rings. The highest BCUT2D eigenvalue weighted by Crippen LogP contribution is 2.39. The summed E-state index contributed by atoms with van der Waals surface area (Å²) in [7, 11) is -0.784. The normalized spacial score (nSPS) is 20.9. The molecule has 0 saturated carbocycles. The summed E-state index contributed by atoms with van der Waals surface area (Å²) in [6, 6.07) is 0. The van der Waals surface area contributed by atoms with Crippen molar-refractivity contribution in [2.75, 3.05) is 20.3 Å². The molecule has 0 N–H and O–H groups in total. The van der Waals surface area contributed by atoms with Gasteiger partial charge in [0.25, 0.3) is 0 Å². The highest BCUT2D eigenvalue weighted by atomic mass is 28.4. The first-order valence-electron chi connectivity index (χ1n) is 10.0. The Hall–Kier alpha value is -1.74. The lowest BCUT2D eigenvalue weighted by atomic mass is 10.2. The summed E-state index contributed by atoms with van der Waals surface area (Å²) in [6.45, 7) is 15.3. The van der Waals surface area contributed by atoms with Gasteiger partial charge in [-0.05, 0) is 38.1 Å². The smallest absolute Gasteiger partial charge is 0.331 e. The van der Waals surface area contributed by atoms with Crippen LogP contribution in [0.1, 0.15) is 34.6 Å². The molecule has 1 rings (SSSR count). The van der Waals surface area contributed by atoms with E-state index in [1.165, 1.54) is 7.11 Å². The fourth-order valence-electron chi connectivity index (χ4n) is 2.32. The Bertz CT molecular complexity index is 671. The van der Waals surface area contributed by atoms with Crippen LogP contribution in [-0.4, -0.2) is 58.6 Å². The molecule has 0 aromatic heterocycles. The molecule has 0 radical (unpaired) electrons. The number of carbonyl (C=O) groups is 2. The summed E-state index contributed by atoms with van der Waals surface area (Å²) in [6.07, 6.45) is 8.87. The van der Waals surface area contributed by atoms with Crippen molar-refractivity contribution in [2.45, 2.75) is 70.7 Å². The average Bonchev–Trinajstić information content (AvgIpc) is 3.00. The summed E-state index contributed by atoms with van der Waals surface area (Å²) < 4.78 is 27.7. The minimum Gasteiger partial charge on any atom is -0.466 e. The van der Waals surface area contributed by atoms with Gasteiger partial charge >= 0.3 is 11.9 Å². The molecule has 7 nitrogen and oxygen atoms in total. The summed E-state index contributed by atoms with van der Waals surface area (Å²) >= 11 is 0. The monoisotopic (exact) mass is 440 g/mol. The lowest BCUT2D eigenvalue weighted by Crippen LogP contribution is -2.47. The van der Waals surface area contributed by atoms with Crippen LogP contribution in [-0.2, 0) is 33.0 Å². The molecule has 0 bridgehead atoms. The van der Waals surface area contributed by atoms with Crippen LogP contribution in [0.25, 0.3) is 0 Å². The Kier molecular flexibility index (Phi) is 9.68. The maximum atomic E-state index is 11.5. The average molecular weight is 441 g/mol. The minimum atomic E-state index is -2.02. The molecule has 0 aromatic rings. The van der Waals surface area contributed by atoms with Gasteiger partial charge in [0, 0.05) is 12.2 Å². The molecule has 8 heteroatoms. The molecule has 1 aliphatic heterocycles. The van der Waals surface area contributed by atoms with Crippen molar-refractivity contribution in [2.24, 2.45) is 0 Å². The first kappa shape index (κ1) is 26.3. The van der Waals surface area contributed by atoms with Crippen LogP contribution >= 0.6 is 0 Å². The third-order valence-corrected chi connectivity index (χ3v) is 9.53. The van der Waals surface area contributed by atoms with Crippen LogP contribution < -0.4 is 0 Å². The van der Waals surface area contributed by atoms with Gasteiger partial charge in [-0.2, -0.15) is 0 Å². The van der Waals surface area contributed by atoms with Crippen LogP contribution in [0.5, 0.6) is 0 Å². The maximum Gasteiger partial charge on any atom is 0.331 e. The number of ether oxygens (including phenoxy) is 4. The van der Waals surface area contributed by atoms with E-state index in [1.807, 2.05) is 26.0 Å². The third-order valence-electron chi connectivity index (χ3n) is 5.06. The minimum absolute atomic E-state index is 0.0653. The summed E-state index contributed by atoms with van der Waals surface area (Å²) in [5.41, 5.74) is 0. The summed E-state index contributed by atoms with van der Waals surface area (Å²) in [5.74, 6) is -1.86. The van der Waals surface area contributed by atoms with Crippen molar-refractivity contribution in [3.8, 4) is 0 Å². The van der Waals surface area contributed by atoms with Gasteiger partial charge in [-0.15, -0.1) is 0 Å². The molecule has 2 atom stereocenters. The number of rotatable bonds is 9. The van der Waals surface area contributed by atoms with Crippen molar-refractivity contribution in [1.29, 1.82) is 0 Å². The van der Waals surface area contributed by atoms with Gasteiger partial charge in [0.15, 0.2) is 14.1 Å². The quantitative estimate of drug-likeness (QED) is 0.233. The summed E-state index contributed by atoms with van der Waals surface area (Å²) in [5, 5.41) is 0.0653. The van der Waals surface area contributed by atoms with Gasteiger partial charge in [-0.25, -0.2) is 9.59 Å². The second-order valence-electron chi connectivity index (χ2n) is 9.01. The summed E-state index contributed by atoms with van der Waals surface area (Å²) in [4.78, 5) is 22.4. The maximum absolute atomic E-state index is 11.5. The standard InChI is InChI=1S/C22H36O7Si/c1-21(2,3)30(7,8)29-17(18-16-27-22(4,5)28-18)12-10-9-11-15-26-20(24)14-13-19(23)25-6/h9-14,17-18H,15-16H2,1-8H3/b11-9+,12-10+,14-13-/t17-,18+/m0/s1. The van der Waals surface area contributed by atoms with Crippen molar-refractivity contribution in [1.82, 2.24) is 0 Å². The van der Waals surface area contributed by atoms with E-state index < -0.39 is 26.0 Å². The number of hydrogen-bond acceptors (Lipinski definition) is 7. The van der Waals surface area contributed by atoms with Crippen LogP contribution in [0, 0.1) is 0 Å². The second kappa shape index (κ2) is 11.0. The van der Waals surface area contributed by atoms with Gasteiger partial charge in [0.2, 0.25) is 0 Å². The predicted octanol–water partition coefficient (Wildman–Crippen LogP) is 3.91. The fourth-order valence-corrected chi connectivity index (χ4v) is 3.59.